The van der Waals surface area contributed by atoms with E-state index in [0.29, 0.717) is 198 Å². The van der Waals surface area contributed by atoms with Gasteiger partial charge in [-0.1, -0.05) is 74.8 Å². The van der Waals surface area contributed by atoms with Crippen molar-refractivity contribution >= 4 is 35.4 Å². The molecule has 19 nitrogen and oxygen atoms in total. The molecular weight excluding hydrogens is 1700 g/mol. The van der Waals surface area contributed by atoms with Crippen molar-refractivity contribution in [3.05, 3.63) is 11.6 Å². The molecule has 4 saturated heterocycles. The first-order chi connectivity index (χ1) is 63.9. The van der Waals surface area contributed by atoms with Gasteiger partial charge in [0.25, 0.3) is 0 Å². The van der Waals surface area contributed by atoms with Crippen molar-refractivity contribution in [3.8, 4) is 0 Å². The van der Waals surface area contributed by atoms with Gasteiger partial charge < -0.3 is 64.9 Å². The highest BCUT2D eigenvalue weighted by Crippen LogP contribution is 2.91. The van der Waals surface area contributed by atoms with Gasteiger partial charge in [-0.2, -0.15) is 0 Å². The number of allylic oxidation sites excluding steroid dienone is 1. The fraction of sp³-hybridized carbons (Fsp3) is 0.931. The first-order valence-corrected chi connectivity index (χ1v) is 56.8. The van der Waals surface area contributed by atoms with Crippen LogP contribution in [0.25, 0.3) is 0 Å². The van der Waals surface area contributed by atoms with Crippen LogP contribution in [0.15, 0.2) is 11.6 Å². The zero-order chi connectivity index (χ0) is 93.0. The minimum absolute atomic E-state index is 0.0282. The SMILES string of the molecule is C[C@]12CCC(=O)C=C1C1CC1C1C2CC[C@@]2(C)C1C1CC1[C@@]21CCC(=O)O1.C[C@]12CCC3C(C4CC4C4(O)CC(O)CC[C@]34C)C1C1CC1C2=O.C[C@]12CCC3C(C4CC4C4(O)CC(O)CC[C@]34C)C1C1CC1[C@@]21CC(C(=O)O)C(=O)O1.C[C@]12CCC3C(C4CC4C4(O)CC(O)CC[C@]34C)C1C1CC1[C@@]21CCC(=O)O1.C[C@]12CCC3C(C4CC4C4(O)CC(O)CC[C@]34C)C1C1CC1[C@@]21CO1. The van der Waals surface area contributed by atoms with E-state index in [-0.39, 0.29) is 102 Å². The highest BCUT2D eigenvalue weighted by molar-refractivity contribution is 5.96. The number of ether oxygens (including phenoxy) is 4. The maximum atomic E-state index is 12.9. The lowest BCUT2D eigenvalue weighted by Crippen LogP contribution is -2.65. The molecule has 0 radical (unpaired) electrons. The van der Waals surface area contributed by atoms with Crippen LogP contribution in [0.3, 0.4) is 0 Å². The number of aliphatic hydroxyl groups is 8. The van der Waals surface area contributed by atoms with Crippen molar-refractivity contribution in [3.63, 3.8) is 0 Å². The fourth-order valence-corrected chi connectivity index (χ4v) is 49.7. The van der Waals surface area contributed by atoms with Crippen LogP contribution < -0.4 is 0 Å². The van der Waals surface area contributed by atoms with E-state index >= 15 is 0 Å². The van der Waals surface area contributed by atoms with Gasteiger partial charge in [0.15, 0.2) is 11.7 Å². The van der Waals surface area contributed by atoms with Gasteiger partial charge in [-0.3, -0.25) is 28.8 Å². The highest BCUT2D eigenvalue weighted by atomic mass is 16.6. The van der Waals surface area contributed by atoms with Crippen molar-refractivity contribution in [2.45, 2.75) is 389 Å². The van der Waals surface area contributed by atoms with E-state index in [0.717, 1.165) is 219 Å². The average molecular weight is 1860 g/mol. The Bertz CT molecular complexity index is 5290. The van der Waals surface area contributed by atoms with Crippen LogP contribution in [0.1, 0.15) is 320 Å². The van der Waals surface area contributed by atoms with E-state index in [2.05, 4.69) is 75.3 Å². The number of epoxide rings is 1. The molecule has 44 unspecified atom stereocenters. The summed E-state index contributed by atoms with van der Waals surface area (Å²) in [5, 5.41) is 98.1. The molecule has 19 heteroatoms. The molecule has 29 saturated carbocycles. The lowest BCUT2D eigenvalue weighted by Gasteiger charge is -2.64. The number of aliphatic hydroxyl groups excluding tert-OH is 4. The summed E-state index contributed by atoms with van der Waals surface area (Å²) in [6.07, 6.45) is 39.1. The van der Waals surface area contributed by atoms with Gasteiger partial charge in [0.05, 0.1) is 53.4 Å². The van der Waals surface area contributed by atoms with Gasteiger partial charge in [-0.25, -0.2) is 0 Å². The molecular formula is C116H160O19. The summed E-state index contributed by atoms with van der Waals surface area (Å²) in [6, 6.07) is 0. The fourth-order valence-electron chi connectivity index (χ4n) is 49.7. The number of carboxylic acid groups (broad SMARTS) is 1. The largest absolute Gasteiger partial charge is 0.481 e. The second-order valence-corrected chi connectivity index (χ2v) is 59.0. The van der Waals surface area contributed by atoms with Gasteiger partial charge in [-0.15, -0.1) is 0 Å². The molecule has 0 amide bonds. The Kier molecular flexibility index (Phi) is 16.7. The Labute approximate surface area is 798 Å². The number of carboxylic acids is 1. The Morgan fingerprint density at radius 3 is 1.02 bits per heavy atom. The predicted molar refractivity (Wildman–Crippen MR) is 491 cm³/mol. The number of aliphatic carboxylic acids is 1. The molecule has 738 valence electrons. The van der Waals surface area contributed by atoms with E-state index in [1.807, 2.05) is 0 Å². The molecule has 4 spiro atoms. The average Bonchev–Trinajstić information content (AvgIpc) is 1.53. The standard InChI is InChI=1S/C25H34O6.C24H34O4.C24H30O3.C22H32O3.C21H30O3/c1-22-5-3-11(26)9-24(22,30)16-7-12(16)18-15(22)4-6-23(2)19(18)13-8-17(13)25(23)10-14(20(27)28)21(29)31-25;1-21-6-3-12(25)11-23(21,27)16-9-13(16)19-15(21)4-7-22(2)20(19)14-10-17(14)24(22)8-5-18(26)28-24;1-22-6-3-12(25)9-17(22)13-10-14(13)20-16(22)4-7-23(2)21(20)15-11-18(15)24(23)8-5-19(26)27-24;1-19-5-3-11(23)9-21(19,24)15-7-12(15)17-14(19)4-6-20(2)18(17)13-8-16(13)22(20)10-25-22;1-19-5-4-14-16(17(19)11-7-12(11)18(19)23)13-8-15(13)21(24)9-10(22)3-6-20(14,21)2/h11-19,26,30H,3-10H2,1-2H3,(H,27,28);12-17,19-20,25,27H,3-11H2,1-2H3;9,13-16,18,20-21H,3-8,10-11H2,1-2H3;11-18,23-24H,3-10H2,1-2H3;10-17,22,24H,3-9H2,1-2H3/t11?,12?,13?,14?,15?,16?,17?,18?,19?,22-,23+,24?,25+;12?,13?,14?,15?,16?,17?,19?,20?,21-,22+,23?,24+;13?,14?,15?,16?,18?,20?,21?,22-,23+,24+;11?,12?,13?,14?,15?,16?,17?,18?,19-,20+,21?,22+;10?,11?,12?,13?,14?,15?,16?,17?,19-,20+,21?/m11110/s1. The molecule has 135 heavy (non-hydrogen) atoms. The van der Waals surface area contributed by atoms with Gasteiger partial charge in [0.2, 0.25) is 0 Å². The maximum absolute atomic E-state index is 12.9. The predicted octanol–water partition coefficient (Wildman–Crippen LogP) is 16.0. The summed E-state index contributed by atoms with van der Waals surface area (Å²) in [7, 11) is 0. The third-order valence-electron chi connectivity index (χ3n) is 56.1. The molecule has 0 aromatic carbocycles. The van der Waals surface area contributed by atoms with E-state index < -0.39 is 52.0 Å². The van der Waals surface area contributed by atoms with Gasteiger partial charge in [-0.05, 0) is 416 Å². The molecule has 9 N–H and O–H groups in total. The number of hydrogen-bond acceptors (Lipinski definition) is 18. The smallest absolute Gasteiger partial charge is 0.321 e. The summed E-state index contributed by atoms with van der Waals surface area (Å²) >= 11 is 0. The van der Waals surface area contributed by atoms with Crippen LogP contribution in [0, 0.1) is 267 Å². The third kappa shape index (κ3) is 9.96. The number of carbonyl (C=O) groups excluding carboxylic acids is 5. The van der Waals surface area contributed by atoms with E-state index in [1.54, 1.807) is 0 Å². The minimum Gasteiger partial charge on any atom is -0.481 e. The highest BCUT2D eigenvalue weighted by Gasteiger charge is 2.91. The van der Waals surface area contributed by atoms with Crippen molar-refractivity contribution < 1.29 is 93.7 Å². The summed E-state index contributed by atoms with van der Waals surface area (Å²) in [5.41, 5.74) is -1.23. The van der Waals surface area contributed by atoms with Crippen molar-refractivity contribution in [1.29, 1.82) is 0 Å². The Balaban J connectivity index is 0.0000000805. The van der Waals surface area contributed by atoms with E-state index in [1.165, 1.54) is 63.4 Å². The topological polar surface area (TPSA) is 325 Å². The molecule has 30 aliphatic carbocycles. The normalized spacial score (nSPS) is 67.6. The van der Waals surface area contributed by atoms with Gasteiger partial charge in [0.1, 0.15) is 28.2 Å². The van der Waals surface area contributed by atoms with Gasteiger partial charge >= 0.3 is 23.9 Å². The number of esters is 3. The molecule has 0 aromatic rings. The van der Waals surface area contributed by atoms with E-state index in [9.17, 15) is 74.7 Å². The molecule has 34 rings (SSSR count). The number of hydrogen-bond donors (Lipinski definition) is 9. The number of fused-ring (bicyclic) bond motifs is 58. The second-order valence-electron chi connectivity index (χ2n) is 59.0. The van der Waals surface area contributed by atoms with Crippen LogP contribution in [0.4, 0.5) is 0 Å². The lowest BCUT2D eigenvalue weighted by atomic mass is 9.42. The van der Waals surface area contributed by atoms with Crippen molar-refractivity contribution in [2.24, 2.45) is 267 Å². The first-order valence-electron chi connectivity index (χ1n) is 56.8. The molecule has 34 aliphatic rings. The summed E-state index contributed by atoms with van der Waals surface area (Å²) in [6.45, 7) is 25.0. The zero-order valence-corrected chi connectivity index (χ0v) is 82.6. The number of Topliss-reactive ketones (excluding diaryl/α,β-unsaturated/α-hetero) is 1. The van der Waals surface area contributed by atoms with Crippen LogP contribution in [0.5, 0.6) is 0 Å². The van der Waals surface area contributed by atoms with Crippen LogP contribution in [-0.2, 0) is 47.7 Å². The van der Waals surface area contributed by atoms with Crippen molar-refractivity contribution in [1.82, 2.24) is 0 Å². The Hall–Kier alpha value is -3.40. The monoisotopic (exact) mass is 1860 g/mol. The second kappa shape index (κ2) is 26.0. The molecule has 4 aliphatic heterocycles. The summed E-state index contributed by atoms with van der Waals surface area (Å²) in [4.78, 5) is 73.7. The van der Waals surface area contributed by atoms with E-state index in [4.69, 9.17) is 18.9 Å². The zero-order valence-electron chi connectivity index (χ0n) is 82.6. The quantitative estimate of drug-likeness (QED) is 0.0510. The number of carbonyl (C=O) groups is 6. The van der Waals surface area contributed by atoms with Crippen molar-refractivity contribution in [2.75, 3.05) is 6.61 Å². The number of rotatable bonds is 1. The van der Waals surface area contributed by atoms with Gasteiger partial charge in [0, 0.05) is 102 Å². The van der Waals surface area contributed by atoms with Crippen LogP contribution in [0.2, 0.25) is 0 Å². The maximum Gasteiger partial charge on any atom is 0.321 e. The molecule has 58 atom stereocenters. The number of ketones is 2. The van der Waals surface area contributed by atoms with Crippen LogP contribution in [-0.4, -0.2) is 157 Å². The lowest BCUT2D eigenvalue weighted by molar-refractivity contribution is -0.237. The molecule has 33 fully saturated rings. The van der Waals surface area contributed by atoms with Crippen LogP contribution >= 0.6 is 0 Å². The minimum atomic E-state index is -1.04. The Morgan fingerprint density at radius 2 is 0.644 bits per heavy atom. The Morgan fingerprint density at radius 1 is 0.311 bits per heavy atom. The summed E-state index contributed by atoms with van der Waals surface area (Å²) in [5.74, 6) is 20.2. The first kappa shape index (κ1) is 87.0. The molecule has 0 aromatic heterocycles. The third-order valence-corrected chi connectivity index (χ3v) is 56.1. The molecule has 0 bridgehead atoms. The summed E-state index contributed by atoms with van der Waals surface area (Å²) < 4.78 is 24.7. The molecule has 4 heterocycles.